The van der Waals surface area contributed by atoms with E-state index < -0.39 is 18.6 Å². The summed E-state index contributed by atoms with van der Waals surface area (Å²) < 4.78 is 37.9. The number of benzene rings is 1. The molecule has 7 heteroatoms. The summed E-state index contributed by atoms with van der Waals surface area (Å²) in [6.07, 6.45) is -2.32. The summed E-state index contributed by atoms with van der Waals surface area (Å²) in [5.41, 5.74) is 0.197. The van der Waals surface area contributed by atoms with Crippen molar-refractivity contribution in [2.45, 2.75) is 37.9 Å². The van der Waals surface area contributed by atoms with Gasteiger partial charge in [0, 0.05) is 24.3 Å². The maximum atomic E-state index is 12.6. The summed E-state index contributed by atoms with van der Waals surface area (Å²) in [6, 6.07) is 5.30. The number of amides is 2. The average Bonchev–Trinajstić information content (AvgIpc) is 3.09. The Morgan fingerprint density at radius 3 is 2.62 bits per heavy atom. The molecule has 2 aliphatic carbocycles. The molecule has 2 fully saturated rings. The Morgan fingerprint density at radius 1 is 1.21 bits per heavy atom. The number of halogens is 3. The molecule has 2 amide bonds. The van der Waals surface area contributed by atoms with Crippen molar-refractivity contribution in [3.05, 3.63) is 29.8 Å². The number of urea groups is 1. The highest BCUT2D eigenvalue weighted by Gasteiger charge is 2.47. The maximum absolute atomic E-state index is 12.6. The van der Waals surface area contributed by atoms with E-state index >= 15 is 0 Å². The van der Waals surface area contributed by atoms with Crippen LogP contribution in [0.25, 0.3) is 0 Å². The lowest BCUT2D eigenvalue weighted by atomic mass is 9.85. The fourth-order valence-electron chi connectivity index (χ4n) is 4.22. The molecule has 4 atom stereocenters. The Bertz CT molecular complexity index is 606. The van der Waals surface area contributed by atoms with Crippen molar-refractivity contribution in [2.24, 2.45) is 17.8 Å². The van der Waals surface area contributed by atoms with Crippen LogP contribution in [0.3, 0.4) is 0 Å². The molecular weight excluding hydrogens is 321 g/mol. The minimum Gasteiger partial charge on any atom is -0.396 e. The Balaban J connectivity index is 1.65. The molecule has 2 aliphatic rings. The van der Waals surface area contributed by atoms with E-state index in [1.54, 1.807) is 6.07 Å². The molecule has 1 aromatic carbocycles. The fraction of sp³-hybridized carbons (Fsp3) is 0.588. The van der Waals surface area contributed by atoms with Gasteiger partial charge < -0.3 is 15.7 Å². The Hall–Kier alpha value is -1.76. The largest absolute Gasteiger partial charge is 0.396 e. The van der Waals surface area contributed by atoms with Crippen molar-refractivity contribution in [3.8, 4) is 0 Å². The monoisotopic (exact) mass is 342 g/mol. The maximum Gasteiger partial charge on any atom is 0.393 e. The first-order valence-electron chi connectivity index (χ1n) is 8.20. The molecule has 132 valence electrons. The van der Waals surface area contributed by atoms with Crippen LogP contribution in [0, 0.1) is 17.8 Å². The standard InChI is InChI=1S/C17H21F3N2O2/c18-17(19,20)8-12-3-1-2-4-14(12)21-16(24)22-15-11-6-5-10(7-11)13(15)9-23/h1-4,10-11,13,15,23H,5-9H2,(H2,21,22,24)/t10-,11-,13-,15-/m0/s1. The quantitative estimate of drug-likeness (QED) is 0.786. The number of hydrogen-bond acceptors (Lipinski definition) is 2. The van der Waals surface area contributed by atoms with Crippen LogP contribution in [0.2, 0.25) is 0 Å². The number of alkyl halides is 3. The third-order valence-corrected chi connectivity index (χ3v) is 5.25. The number of rotatable bonds is 4. The van der Waals surface area contributed by atoms with Crippen molar-refractivity contribution in [1.29, 1.82) is 0 Å². The van der Waals surface area contributed by atoms with E-state index in [0.717, 1.165) is 19.3 Å². The summed E-state index contributed by atoms with van der Waals surface area (Å²) in [5.74, 6) is 0.825. The van der Waals surface area contributed by atoms with Crippen LogP contribution in [0.5, 0.6) is 0 Å². The average molecular weight is 342 g/mol. The van der Waals surface area contributed by atoms with Gasteiger partial charge >= 0.3 is 12.2 Å². The lowest BCUT2D eigenvalue weighted by molar-refractivity contribution is -0.127. The zero-order valence-electron chi connectivity index (χ0n) is 13.1. The van der Waals surface area contributed by atoms with Crippen LogP contribution in [0.4, 0.5) is 23.7 Å². The van der Waals surface area contributed by atoms with Crippen molar-refractivity contribution < 1.29 is 23.1 Å². The Morgan fingerprint density at radius 2 is 1.92 bits per heavy atom. The smallest absolute Gasteiger partial charge is 0.393 e. The van der Waals surface area contributed by atoms with Gasteiger partial charge in [-0.25, -0.2) is 4.79 Å². The van der Waals surface area contributed by atoms with Crippen LogP contribution in [-0.4, -0.2) is 30.0 Å². The molecule has 0 spiro atoms. The number of aliphatic hydroxyl groups excluding tert-OH is 1. The van der Waals surface area contributed by atoms with Gasteiger partial charge in [0.05, 0.1) is 6.42 Å². The second kappa shape index (κ2) is 6.63. The van der Waals surface area contributed by atoms with Crippen molar-refractivity contribution in [2.75, 3.05) is 11.9 Å². The molecule has 2 bridgehead atoms. The highest BCUT2D eigenvalue weighted by atomic mass is 19.4. The van der Waals surface area contributed by atoms with Gasteiger partial charge in [0.2, 0.25) is 0 Å². The number of anilines is 1. The molecule has 0 heterocycles. The molecule has 3 rings (SSSR count). The molecular formula is C17H21F3N2O2. The molecule has 2 saturated carbocycles. The van der Waals surface area contributed by atoms with Crippen LogP contribution >= 0.6 is 0 Å². The summed E-state index contributed by atoms with van der Waals surface area (Å²) in [7, 11) is 0. The van der Waals surface area contributed by atoms with Crippen LogP contribution < -0.4 is 10.6 Å². The molecule has 0 unspecified atom stereocenters. The van der Waals surface area contributed by atoms with Crippen molar-refractivity contribution in [1.82, 2.24) is 5.32 Å². The SMILES string of the molecule is O=C(Nc1ccccc1CC(F)(F)F)N[C@H]1[C@H]2CC[C@@H](C2)[C@@H]1CO. The van der Waals surface area contributed by atoms with Crippen LogP contribution in [0.15, 0.2) is 24.3 Å². The molecule has 0 aromatic heterocycles. The highest BCUT2D eigenvalue weighted by Crippen LogP contribution is 2.48. The van der Waals surface area contributed by atoms with E-state index in [9.17, 15) is 23.1 Å². The zero-order valence-corrected chi connectivity index (χ0v) is 13.1. The summed E-state index contributed by atoms with van der Waals surface area (Å²) in [4.78, 5) is 12.2. The minimum atomic E-state index is -4.33. The number of para-hydroxylation sites is 1. The number of hydrogen-bond donors (Lipinski definition) is 3. The van der Waals surface area contributed by atoms with Crippen LogP contribution in [-0.2, 0) is 6.42 Å². The van der Waals surface area contributed by atoms with Gasteiger partial charge in [-0.2, -0.15) is 13.2 Å². The zero-order chi connectivity index (χ0) is 17.3. The van der Waals surface area contributed by atoms with E-state index in [0.29, 0.717) is 11.8 Å². The first kappa shape index (κ1) is 17.1. The van der Waals surface area contributed by atoms with E-state index in [2.05, 4.69) is 10.6 Å². The highest BCUT2D eigenvalue weighted by molar-refractivity contribution is 5.90. The van der Waals surface area contributed by atoms with Crippen molar-refractivity contribution in [3.63, 3.8) is 0 Å². The molecule has 0 radical (unpaired) electrons. The normalized spacial score (nSPS) is 28.8. The number of aliphatic hydroxyl groups is 1. The minimum absolute atomic E-state index is 0.0246. The second-order valence-corrected chi connectivity index (χ2v) is 6.75. The summed E-state index contributed by atoms with van der Waals surface area (Å²) >= 11 is 0. The molecule has 0 aliphatic heterocycles. The summed E-state index contributed by atoms with van der Waals surface area (Å²) in [5, 5.41) is 14.9. The molecule has 3 N–H and O–H groups in total. The number of carbonyl (C=O) groups excluding carboxylic acids is 1. The number of nitrogens with one attached hydrogen (secondary N) is 2. The predicted molar refractivity (Wildman–Crippen MR) is 83.6 cm³/mol. The molecule has 1 aromatic rings. The van der Waals surface area contributed by atoms with E-state index in [-0.39, 0.29) is 29.8 Å². The lowest BCUT2D eigenvalue weighted by Crippen LogP contribution is -2.47. The Labute approximate surface area is 138 Å². The van der Waals surface area contributed by atoms with Gasteiger partial charge in [-0.15, -0.1) is 0 Å². The van der Waals surface area contributed by atoms with E-state index in [4.69, 9.17) is 0 Å². The number of fused-ring (bicyclic) bond motifs is 2. The third-order valence-electron chi connectivity index (χ3n) is 5.25. The van der Waals surface area contributed by atoms with Crippen molar-refractivity contribution >= 4 is 11.7 Å². The van der Waals surface area contributed by atoms with Crippen LogP contribution in [0.1, 0.15) is 24.8 Å². The Kier molecular flexibility index (Phi) is 4.71. The van der Waals surface area contributed by atoms with E-state index in [1.165, 1.54) is 18.2 Å². The van der Waals surface area contributed by atoms with Gasteiger partial charge in [-0.3, -0.25) is 0 Å². The third kappa shape index (κ3) is 3.66. The first-order valence-corrected chi connectivity index (χ1v) is 8.20. The second-order valence-electron chi connectivity index (χ2n) is 6.75. The predicted octanol–water partition coefficient (Wildman–Crippen LogP) is 3.32. The topological polar surface area (TPSA) is 61.4 Å². The molecule has 24 heavy (non-hydrogen) atoms. The first-order chi connectivity index (χ1) is 11.4. The number of carbonyl (C=O) groups is 1. The van der Waals surface area contributed by atoms with E-state index in [1.807, 2.05) is 0 Å². The van der Waals surface area contributed by atoms with Gasteiger partial charge in [0.15, 0.2) is 0 Å². The lowest BCUT2D eigenvalue weighted by Gasteiger charge is -2.30. The van der Waals surface area contributed by atoms with Gasteiger partial charge in [-0.05, 0) is 42.7 Å². The van der Waals surface area contributed by atoms with Gasteiger partial charge in [-0.1, -0.05) is 18.2 Å². The molecule has 0 saturated heterocycles. The fourth-order valence-corrected chi connectivity index (χ4v) is 4.22. The summed E-state index contributed by atoms with van der Waals surface area (Å²) in [6.45, 7) is 0.0246. The molecule has 4 nitrogen and oxygen atoms in total. The van der Waals surface area contributed by atoms with Gasteiger partial charge in [0.25, 0.3) is 0 Å². The van der Waals surface area contributed by atoms with Gasteiger partial charge in [0.1, 0.15) is 0 Å².